The van der Waals surface area contributed by atoms with E-state index < -0.39 is 6.04 Å². The first-order valence-corrected chi connectivity index (χ1v) is 6.01. The molecule has 0 bridgehead atoms. The zero-order valence-electron chi connectivity index (χ0n) is 10.6. The Bertz CT molecular complexity index is 450. The number of rotatable bonds is 2. The van der Waals surface area contributed by atoms with Gasteiger partial charge >= 0.3 is 0 Å². The van der Waals surface area contributed by atoms with Gasteiger partial charge in [0.25, 0.3) is 0 Å². The highest BCUT2D eigenvalue weighted by molar-refractivity contribution is 6.00. The molecule has 1 heterocycles. The number of nitrogens with two attached hydrogens (primary N) is 1. The second-order valence-electron chi connectivity index (χ2n) is 5.34. The predicted octanol–water partition coefficient (Wildman–Crippen LogP) is 2.32. The number of benzene rings is 1. The van der Waals surface area contributed by atoms with Crippen molar-refractivity contribution < 1.29 is 9.53 Å². The van der Waals surface area contributed by atoms with Crippen molar-refractivity contribution in [3.05, 3.63) is 29.3 Å². The highest BCUT2D eigenvalue weighted by Gasteiger charge is 2.27. The fourth-order valence-electron chi connectivity index (χ4n) is 2.07. The molecule has 0 aliphatic carbocycles. The number of hydrogen-bond acceptors (Lipinski definition) is 3. The van der Waals surface area contributed by atoms with Gasteiger partial charge in [-0.05, 0) is 57.4 Å². The molecule has 1 unspecified atom stereocenters. The van der Waals surface area contributed by atoms with Crippen molar-refractivity contribution in [1.29, 1.82) is 0 Å². The Morgan fingerprint density at radius 3 is 2.82 bits per heavy atom. The van der Waals surface area contributed by atoms with Crippen molar-refractivity contribution in [1.82, 2.24) is 0 Å². The molecule has 0 saturated heterocycles. The number of Topliss-reactive ketones (excluding diaryl/α,β-unsaturated/α-hetero) is 1. The average molecular weight is 233 g/mol. The second kappa shape index (κ2) is 4.15. The van der Waals surface area contributed by atoms with Gasteiger partial charge in [-0.3, -0.25) is 4.79 Å². The standard InChI is InChI=1S/C14H19NO2/c1-9(15)13(16)11-4-5-12-10(8-11)6-7-14(2,3)17-12/h4-5,8-9H,6-7,15H2,1-3H3. The lowest BCUT2D eigenvalue weighted by molar-refractivity contribution is 0.0845. The zero-order valence-corrected chi connectivity index (χ0v) is 10.6. The molecule has 2 rings (SSSR count). The van der Waals surface area contributed by atoms with Gasteiger partial charge in [-0.15, -0.1) is 0 Å². The van der Waals surface area contributed by atoms with Crippen LogP contribution in [0.25, 0.3) is 0 Å². The first-order valence-electron chi connectivity index (χ1n) is 6.01. The van der Waals surface area contributed by atoms with E-state index in [1.54, 1.807) is 13.0 Å². The normalized spacial score (nSPS) is 19.1. The largest absolute Gasteiger partial charge is 0.488 e. The third kappa shape index (κ3) is 2.50. The molecule has 1 aliphatic rings. The molecule has 17 heavy (non-hydrogen) atoms. The number of carbonyl (C=O) groups is 1. The molecule has 1 aromatic carbocycles. The highest BCUT2D eigenvalue weighted by Crippen LogP contribution is 2.33. The van der Waals surface area contributed by atoms with Crippen LogP contribution in [0.1, 0.15) is 43.1 Å². The maximum absolute atomic E-state index is 11.8. The Morgan fingerprint density at radius 1 is 1.47 bits per heavy atom. The Hall–Kier alpha value is -1.35. The van der Waals surface area contributed by atoms with E-state index in [1.165, 1.54) is 0 Å². The van der Waals surface area contributed by atoms with E-state index in [1.807, 2.05) is 12.1 Å². The summed E-state index contributed by atoms with van der Waals surface area (Å²) >= 11 is 0. The molecule has 1 aliphatic heterocycles. The van der Waals surface area contributed by atoms with E-state index in [-0.39, 0.29) is 11.4 Å². The SMILES string of the molecule is CC(N)C(=O)c1ccc2c(c1)CCC(C)(C)O2. The van der Waals surface area contributed by atoms with E-state index in [4.69, 9.17) is 10.5 Å². The van der Waals surface area contributed by atoms with Gasteiger partial charge in [0, 0.05) is 5.56 Å². The van der Waals surface area contributed by atoms with Crippen molar-refractivity contribution in [3.63, 3.8) is 0 Å². The Labute approximate surface area is 102 Å². The highest BCUT2D eigenvalue weighted by atomic mass is 16.5. The van der Waals surface area contributed by atoms with Crippen LogP contribution in [0.3, 0.4) is 0 Å². The van der Waals surface area contributed by atoms with Crippen molar-refractivity contribution >= 4 is 5.78 Å². The molecule has 1 aromatic rings. The lowest BCUT2D eigenvalue weighted by Gasteiger charge is -2.32. The minimum Gasteiger partial charge on any atom is -0.488 e. The first-order chi connectivity index (χ1) is 7.89. The van der Waals surface area contributed by atoms with Crippen LogP contribution in [-0.4, -0.2) is 17.4 Å². The summed E-state index contributed by atoms with van der Waals surface area (Å²) in [7, 11) is 0. The first kappa shape index (κ1) is 12.1. The molecule has 92 valence electrons. The monoisotopic (exact) mass is 233 g/mol. The van der Waals surface area contributed by atoms with E-state index in [9.17, 15) is 4.79 Å². The molecule has 3 heteroatoms. The lowest BCUT2D eigenvalue weighted by Crippen LogP contribution is -2.33. The fourth-order valence-corrected chi connectivity index (χ4v) is 2.07. The summed E-state index contributed by atoms with van der Waals surface area (Å²) < 4.78 is 5.87. The third-order valence-corrected chi connectivity index (χ3v) is 3.14. The van der Waals surface area contributed by atoms with Crippen LogP contribution in [0, 0.1) is 0 Å². The van der Waals surface area contributed by atoms with E-state index in [0.29, 0.717) is 5.56 Å². The van der Waals surface area contributed by atoms with Gasteiger partial charge in [0.05, 0.1) is 6.04 Å². The Morgan fingerprint density at radius 2 is 2.18 bits per heavy atom. The summed E-state index contributed by atoms with van der Waals surface area (Å²) in [6.07, 6.45) is 1.91. The molecule has 0 spiro atoms. The molecule has 0 radical (unpaired) electrons. The van der Waals surface area contributed by atoms with Gasteiger partial charge in [0.15, 0.2) is 5.78 Å². The molecule has 0 aromatic heterocycles. The predicted molar refractivity (Wildman–Crippen MR) is 67.4 cm³/mol. The molecule has 1 atom stereocenters. The number of carbonyl (C=O) groups excluding carboxylic acids is 1. The third-order valence-electron chi connectivity index (χ3n) is 3.14. The zero-order chi connectivity index (χ0) is 12.6. The maximum atomic E-state index is 11.8. The Kier molecular flexibility index (Phi) is 2.96. The van der Waals surface area contributed by atoms with E-state index in [2.05, 4.69) is 13.8 Å². The fraction of sp³-hybridized carbons (Fsp3) is 0.500. The van der Waals surface area contributed by atoms with Crippen LogP contribution in [-0.2, 0) is 6.42 Å². The maximum Gasteiger partial charge on any atom is 0.179 e. The molecular weight excluding hydrogens is 214 g/mol. The molecule has 3 nitrogen and oxygen atoms in total. The van der Waals surface area contributed by atoms with Gasteiger partial charge < -0.3 is 10.5 Å². The molecule has 2 N–H and O–H groups in total. The summed E-state index contributed by atoms with van der Waals surface area (Å²) in [5.74, 6) is 0.875. The van der Waals surface area contributed by atoms with Gasteiger partial charge in [-0.1, -0.05) is 0 Å². The van der Waals surface area contributed by atoms with Crippen molar-refractivity contribution in [2.45, 2.75) is 45.3 Å². The summed E-state index contributed by atoms with van der Waals surface area (Å²) in [6, 6.07) is 5.14. The van der Waals surface area contributed by atoms with Crippen LogP contribution >= 0.6 is 0 Å². The smallest absolute Gasteiger partial charge is 0.179 e. The second-order valence-corrected chi connectivity index (χ2v) is 5.34. The Balaban J connectivity index is 2.31. The van der Waals surface area contributed by atoms with Crippen LogP contribution in [0.5, 0.6) is 5.75 Å². The lowest BCUT2D eigenvalue weighted by atomic mass is 9.92. The molecule has 0 amide bonds. The quantitative estimate of drug-likeness (QED) is 0.797. The van der Waals surface area contributed by atoms with Crippen LogP contribution < -0.4 is 10.5 Å². The number of ether oxygens (including phenoxy) is 1. The molecular formula is C14H19NO2. The molecule has 0 fully saturated rings. The van der Waals surface area contributed by atoms with Crippen LogP contribution in [0.2, 0.25) is 0 Å². The van der Waals surface area contributed by atoms with Crippen molar-refractivity contribution in [2.75, 3.05) is 0 Å². The topological polar surface area (TPSA) is 52.3 Å². The van der Waals surface area contributed by atoms with Crippen LogP contribution in [0.15, 0.2) is 18.2 Å². The van der Waals surface area contributed by atoms with Crippen molar-refractivity contribution in [3.8, 4) is 5.75 Å². The average Bonchev–Trinajstić information content (AvgIpc) is 2.26. The van der Waals surface area contributed by atoms with Crippen LogP contribution in [0.4, 0.5) is 0 Å². The minimum absolute atomic E-state index is 0.0161. The number of hydrogen-bond donors (Lipinski definition) is 1. The minimum atomic E-state index is -0.450. The van der Waals surface area contributed by atoms with Gasteiger partial charge in [-0.25, -0.2) is 0 Å². The number of ketones is 1. The summed E-state index contributed by atoms with van der Waals surface area (Å²) in [4.78, 5) is 11.8. The molecule has 0 saturated carbocycles. The van der Waals surface area contributed by atoms with Crippen molar-refractivity contribution in [2.24, 2.45) is 5.73 Å². The summed E-state index contributed by atoms with van der Waals surface area (Å²) in [5, 5.41) is 0. The number of fused-ring (bicyclic) bond motifs is 1. The number of aryl methyl sites for hydroxylation is 1. The van der Waals surface area contributed by atoms with Gasteiger partial charge in [0.1, 0.15) is 11.4 Å². The summed E-state index contributed by atoms with van der Waals surface area (Å²) in [5.41, 5.74) is 7.28. The van der Waals surface area contributed by atoms with E-state index in [0.717, 1.165) is 24.2 Å². The van der Waals surface area contributed by atoms with Gasteiger partial charge in [-0.2, -0.15) is 0 Å². The van der Waals surface area contributed by atoms with E-state index >= 15 is 0 Å². The summed E-state index contributed by atoms with van der Waals surface area (Å²) in [6.45, 7) is 5.87. The van der Waals surface area contributed by atoms with Gasteiger partial charge in [0.2, 0.25) is 0 Å².